The van der Waals surface area contributed by atoms with Gasteiger partial charge in [0.15, 0.2) is 11.6 Å². The van der Waals surface area contributed by atoms with Gasteiger partial charge in [0.25, 0.3) is 0 Å². The van der Waals surface area contributed by atoms with E-state index in [1.165, 1.54) is 6.07 Å². The molecule has 0 aliphatic carbocycles. The number of anilines is 1. The molecule has 29 heavy (non-hydrogen) atoms. The van der Waals surface area contributed by atoms with Crippen LogP contribution in [0.15, 0.2) is 42.5 Å². The Morgan fingerprint density at radius 3 is 2.62 bits per heavy atom. The van der Waals surface area contributed by atoms with Crippen molar-refractivity contribution in [3.63, 3.8) is 0 Å². The minimum Gasteiger partial charge on any atom is -0.346 e. The number of amides is 2. The highest BCUT2D eigenvalue weighted by molar-refractivity contribution is 7.18. The Hall–Kier alpha value is -2.91. The molecule has 2 N–H and O–H groups in total. The number of hydrogen-bond donors (Lipinski definition) is 2. The molecular weight excluding hydrogens is 398 g/mol. The summed E-state index contributed by atoms with van der Waals surface area (Å²) in [6, 6.07) is 10.8. The van der Waals surface area contributed by atoms with Crippen molar-refractivity contribution in [1.82, 2.24) is 15.2 Å². The fourth-order valence-corrected chi connectivity index (χ4v) is 3.72. The standard InChI is InChI=1S/C20H20F2N4O2S/c1-12(20-25-16-5-3-4-6-17(16)29-20)26(2)11-19(28)23-10-18(27)24-13-7-8-14(21)15(22)9-13/h3-9,12H,10-11H2,1-2H3,(H,23,28)(H,24,27)/t12-/m1/s1. The Balaban J connectivity index is 1.49. The number of nitrogens with one attached hydrogen (secondary N) is 2. The van der Waals surface area contributed by atoms with E-state index in [1.54, 1.807) is 18.4 Å². The second kappa shape index (κ2) is 9.06. The molecule has 1 heterocycles. The zero-order valence-corrected chi connectivity index (χ0v) is 16.7. The van der Waals surface area contributed by atoms with E-state index in [0.717, 1.165) is 27.4 Å². The summed E-state index contributed by atoms with van der Waals surface area (Å²) in [5, 5.41) is 5.82. The van der Waals surface area contributed by atoms with Gasteiger partial charge in [0, 0.05) is 11.8 Å². The molecule has 0 aliphatic rings. The number of benzene rings is 2. The summed E-state index contributed by atoms with van der Waals surface area (Å²) in [6.45, 7) is 1.76. The lowest BCUT2D eigenvalue weighted by Crippen LogP contribution is -2.39. The first-order valence-corrected chi connectivity index (χ1v) is 9.72. The highest BCUT2D eigenvalue weighted by atomic mass is 32.1. The van der Waals surface area contributed by atoms with Crippen molar-refractivity contribution in [2.45, 2.75) is 13.0 Å². The number of aromatic nitrogens is 1. The fraction of sp³-hybridized carbons (Fsp3) is 0.250. The topological polar surface area (TPSA) is 74.3 Å². The number of carbonyl (C=O) groups excluding carboxylic acids is 2. The van der Waals surface area contributed by atoms with Crippen LogP contribution in [0, 0.1) is 11.6 Å². The molecule has 1 aromatic heterocycles. The molecule has 9 heteroatoms. The Kier molecular flexibility index (Phi) is 6.50. The summed E-state index contributed by atoms with van der Waals surface area (Å²) in [4.78, 5) is 30.5. The minimum absolute atomic E-state index is 0.0748. The first kappa shape index (κ1) is 20.8. The number of rotatable bonds is 7. The number of para-hydroxylation sites is 1. The molecule has 3 rings (SSSR count). The molecule has 0 unspecified atom stereocenters. The highest BCUT2D eigenvalue weighted by Crippen LogP contribution is 2.28. The van der Waals surface area contributed by atoms with Crippen molar-refractivity contribution in [1.29, 1.82) is 0 Å². The van der Waals surface area contributed by atoms with E-state index in [2.05, 4.69) is 15.6 Å². The molecular formula is C20H20F2N4O2S. The number of halogens is 2. The Bertz CT molecular complexity index is 1010. The van der Waals surface area contributed by atoms with E-state index in [1.807, 2.05) is 36.1 Å². The van der Waals surface area contributed by atoms with Gasteiger partial charge in [-0.15, -0.1) is 11.3 Å². The summed E-state index contributed by atoms with van der Waals surface area (Å²) in [7, 11) is 1.80. The van der Waals surface area contributed by atoms with Gasteiger partial charge in [0.1, 0.15) is 5.01 Å². The fourth-order valence-electron chi connectivity index (χ4n) is 2.63. The van der Waals surface area contributed by atoms with Gasteiger partial charge in [-0.2, -0.15) is 0 Å². The second-order valence-electron chi connectivity index (χ2n) is 6.56. The van der Waals surface area contributed by atoms with E-state index < -0.39 is 17.5 Å². The van der Waals surface area contributed by atoms with Crippen molar-refractivity contribution >= 4 is 39.1 Å². The van der Waals surface area contributed by atoms with Gasteiger partial charge in [0.05, 0.1) is 29.3 Å². The van der Waals surface area contributed by atoms with Gasteiger partial charge < -0.3 is 10.6 Å². The molecule has 0 saturated carbocycles. The maximum absolute atomic E-state index is 13.2. The Labute approximate surface area is 170 Å². The Morgan fingerprint density at radius 1 is 1.14 bits per heavy atom. The molecule has 1 atom stereocenters. The number of likely N-dealkylation sites (N-methyl/N-ethyl adjacent to an activating group) is 1. The van der Waals surface area contributed by atoms with Gasteiger partial charge in [-0.05, 0) is 38.2 Å². The Morgan fingerprint density at radius 2 is 1.90 bits per heavy atom. The van der Waals surface area contributed by atoms with Crippen molar-refractivity contribution in [2.24, 2.45) is 0 Å². The van der Waals surface area contributed by atoms with Crippen LogP contribution >= 0.6 is 11.3 Å². The number of nitrogens with zero attached hydrogens (tertiary/aromatic N) is 2. The first-order chi connectivity index (χ1) is 13.8. The van der Waals surface area contributed by atoms with E-state index in [4.69, 9.17) is 0 Å². The van der Waals surface area contributed by atoms with Crippen LogP contribution < -0.4 is 10.6 Å². The van der Waals surface area contributed by atoms with Crippen molar-refractivity contribution in [2.75, 3.05) is 25.5 Å². The normalized spacial score (nSPS) is 12.2. The van der Waals surface area contributed by atoms with E-state index in [0.29, 0.717) is 0 Å². The average molecular weight is 418 g/mol. The van der Waals surface area contributed by atoms with Gasteiger partial charge in [-0.3, -0.25) is 14.5 Å². The number of hydrogen-bond acceptors (Lipinski definition) is 5. The van der Waals surface area contributed by atoms with E-state index in [-0.39, 0.29) is 30.7 Å². The zero-order valence-electron chi connectivity index (χ0n) is 15.9. The van der Waals surface area contributed by atoms with Crippen molar-refractivity contribution < 1.29 is 18.4 Å². The molecule has 3 aromatic rings. The molecule has 0 saturated heterocycles. The molecule has 0 aliphatic heterocycles. The molecule has 0 bridgehead atoms. The molecule has 2 aromatic carbocycles. The van der Waals surface area contributed by atoms with Gasteiger partial charge in [-0.25, -0.2) is 13.8 Å². The van der Waals surface area contributed by atoms with E-state index in [9.17, 15) is 18.4 Å². The molecule has 2 amide bonds. The third kappa shape index (κ3) is 5.33. The van der Waals surface area contributed by atoms with Gasteiger partial charge >= 0.3 is 0 Å². The zero-order chi connectivity index (χ0) is 21.0. The van der Waals surface area contributed by atoms with Crippen LogP contribution in [0.5, 0.6) is 0 Å². The van der Waals surface area contributed by atoms with Crippen molar-refractivity contribution in [3.05, 3.63) is 59.1 Å². The lowest BCUT2D eigenvalue weighted by molar-refractivity contribution is -0.125. The van der Waals surface area contributed by atoms with Gasteiger partial charge in [-0.1, -0.05) is 12.1 Å². The van der Waals surface area contributed by atoms with Crippen LogP contribution in [-0.2, 0) is 9.59 Å². The highest BCUT2D eigenvalue weighted by Gasteiger charge is 2.19. The summed E-state index contributed by atoms with van der Waals surface area (Å²) in [6.07, 6.45) is 0. The minimum atomic E-state index is -1.06. The molecule has 6 nitrogen and oxygen atoms in total. The lowest BCUT2D eigenvalue weighted by Gasteiger charge is -2.22. The third-order valence-corrected chi connectivity index (χ3v) is 5.58. The molecule has 0 radical (unpaired) electrons. The third-order valence-electron chi connectivity index (χ3n) is 4.37. The maximum atomic E-state index is 13.2. The predicted octanol–water partition coefficient (Wildman–Crippen LogP) is 3.32. The summed E-state index contributed by atoms with van der Waals surface area (Å²) in [5.41, 5.74) is 1.04. The molecule has 0 fully saturated rings. The van der Waals surface area contributed by atoms with Gasteiger partial charge in [0.2, 0.25) is 11.8 Å². The molecule has 152 valence electrons. The van der Waals surface area contributed by atoms with Crippen LogP contribution in [0.4, 0.5) is 14.5 Å². The number of thiazole rings is 1. The number of fused-ring (bicyclic) bond motifs is 1. The van der Waals surface area contributed by atoms with Crippen LogP contribution in [0.3, 0.4) is 0 Å². The largest absolute Gasteiger partial charge is 0.346 e. The first-order valence-electron chi connectivity index (χ1n) is 8.91. The SMILES string of the molecule is C[C@H](c1nc2ccccc2s1)N(C)CC(=O)NCC(=O)Nc1ccc(F)c(F)c1. The van der Waals surface area contributed by atoms with Crippen molar-refractivity contribution in [3.8, 4) is 0 Å². The quantitative estimate of drug-likeness (QED) is 0.617. The monoisotopic (exact) mass is 418 g/mol. The number of carbonyl (C=O) groups is 2. The van der Waals surface area contributed by atoms with Crippen LogP contribution in [0.25, 0.3) is 10.2 Å². The van der Waals surface area contributed by atoms with Crippen LogP contribution in [0.1, 0.15) is 18.0 Å². The average Bonchev–Trinajstić information content (AvgIpc) is 3.13. The van der Waals surface area contributed by atoms with Crippen LogP contribution in [-0.4, -0.2) is 41.8 Å². The smallest absolute Gasteiger partial charge is 0.243 e. The summed E-state index contributed by atoms with van der Waals surface area (Å²) < 4.78 is 27.2. The predicted molar refractivity (Wildman–Crippen MR) is 109 cm³/mol. The maximum Gasteiger partial charge on any atom is 0.243 e. The second-order valence-corrected chi connectivity index (χ2v) is 7.63. The van der Waals surface area contributed by atoms with Crippen LogP contribution in [0.2, 0.25) is 0 Å². The lowest BCUT2D eigenvalue weighted by atomic mass is 10.3. The van der Waals surface area contributed by atoms with E-state index >= 15 is 0 Å². The summed E-state index contributed by atoms with van der Waals surface area (Å²) >= 11 is 1.58. The summed E-state index contributed by atoms with van der Waals surface area (Å²) in [5.74, 6) is -2.92. The molecule has 0 spiro atoms.